The number of allylic oxidation sites excluding steroid dienone is 2. The summed E-state index contributed by atoms with van der Waals surface area (Å²) in [5.41, 5.74) is 0. The second kappa shape index (κ2) is 60.7. The summed E-state index contributed by atoms with van der Waals surface area (Å²) in [5.74, 6) is -0.849. The zero-order valence-corrected chi connectivity index (χ0v) is 48.3. The van der Waals surface area contributed by atoms with Gasteiger partial charge < -0.3 is 14.2 Å². The quantitative estimate of drug-likeness (QED) is 0.0261. The minimum atomic E-state index is -0.769. The Bertz CT molecular complexity index is 1100. The van der Waals surface area contributed by atoms with Crippen LogP contribution in [0.25, 0.3) is 0 Å². The smallest absolute Gasteiger partial charge is 0.306 e. The summed E-state index contributed by atoms with van der Waals surface area (Å²) in [5, 5.41) is 0. The fraction of sp³-hybridized carbons (Fsp3) is 0.923. The number of carbonyl (C=O) groups is 3. The predicted molar refractivity (Wildman–Crippen MR) is 307 cm³/mol. The van der Waals surface area contributed by atoms with Crippen molar-refractivity contribution in [2.45, 2.75) is 374 Å². The number of rotatable bonds is 60. The van der Waals surface area contributed by atoms with Crippen molar-refractivity contribution in [3.63, 3.8) is 0 Å². The Hall–Kier alpha value is -1.85. The first-order valence-electron chi connectivity index (χ1n) is 32.2. The highest BCUT2D eigenvalue weighted by molar-refractivity contribution is 5.71. The Morgan fingerprint density at radius 3 is 0.718 bits per heavy atom. The average Bonchev–Trinajstić information content (AvgIpc) is 3.37. The van der Waals surface area contributed by atoms with E-state index >= 15 is 0 Å². The molecule has 0 saturated carbocycles. The lowest BCUT2D eigenvalue weighted by molar-refractivity contribution is -0.167. The van der Waals surface area contributed by atoms with Gasteiger partial charge in [-0.05, 0) is 44.9 Å². The molecule has 0 fully saturated rings. The maximum atomic E-state index is 12.8. The molecule has 0 aromatic heterocycles. The zero-order chi connectivity index (χ0) is 51.4. The van der Waals surface area contributed by atoms with Crippen LogP contribution in [0.2, 0.25) is 0 Å². The van der Waals surface area contributed by atoms with Crippen LogP contribution in [0.5, 0.6) is 0 Å². The summed E-state index contributed by atoms with van der Waals surface area (Å²) >= 11 is 0. The average molecular weight is 1000 g/mol. The number of hydrogen-bond acceptors (Lipinski definition) is 6. The van der Waals surface area contributed by atoms with Gasteiger partial charge in [-0.15, -0.1) is 0 Å². The van der Waals surface area contributed by atoms with Crippen LogP contribution < -0.4 is 0 Å². The summed E-state index contributed by atoms with van der Waals surface area (Å²) in [6.07, 6.45) is 70.9. The highest BCUT2D eigenvalue weighted by atomic mass is 16.6. The third kappa shape index (κ3) is 58.9. The van der Waals surface area contributed by atoms with Gasteiger partial charge in [-0.2, -0.15) is 0 Å². The SMILES string of the molecule is CCCCCC/C=C\CCCCCCCC(=O)OC(COC(=O)CCCCCCCCCCCCCCC)COC(=O)CCCCCCCCCCCCCCCCCCCCCCCCCCCCC. The van der Waals surface area contributed by atoms with Crippen molar-refractivity contribution in [1.82, 2.24) is 0 Å². The topological polar surface area (TPSA) is 78.9 Å². The van der Waals surface area contributed by atoms with Crippen LogP contribution in [0.1, 0.15) is 367 Å². The van der Waals surface area contributed by atoms with Crippen molar-refractivity contribution < 1.29 is 28.6 Å². The molecule has 0 aromatic rings. The molecular weight excluding hydrogens is 877 g/mol. The molecule has 0 aromatic carbocycles. The lowest BCUT2D eigenvalue weighted by atomic mass is 10.0. The molecule has 0 bridgehead atoms. The summed E-state index contributed by atoms with van der Waals surface area (Å²) in [4.78, 5) is 38.2. The fourth-order valence-corrected chi connectivity index (χ4v) is 9.91. The van der Waals surface area contributed by atoms with E-state index in [0.29, 0.717) is 19.3 Å². The van der Waals surface area contributed by atoms with E-state index in [4.69, 9.17) is 14.2 Å². The lowest BCUT2D eigenvalue weighted by Gasteiger charge is -2.18. The molecule has 1 unspecified atom stereocenters. The molecule has 0 rings (SSSR count). The highest BCUT2D eigenvalue weighted by Gasteiger charge is 2.19. The van der Waals surface area contributed by atoms with Crippen LogP contribution in [-0.4, -0.2) is 37.2 Å². The van der Waals surface area contributed by atoms with Crippen molar-refractivity contribution in [3.8, 4) is 0 Å². The van der Waals surface area contributed by atoms with Gasteiger partial charge in [0.05, 0.1) is 0 Å². The fourth-order valence-electron chi connectivity index (χ4n) is 9.91. The van der Waals surface area contributed by atoms with Gasteiger partial charge in [0.1, 0.15) is 13.2 Å². The minimum absolute atomic E-state index is 0.0672. The van der Waals surface area contributed by atoms with Gasteiger partial charge in [-0.25, -0.2) is 0 Å². The zero-order valence-electron chi connectivity index (χ0n) is 48.3. The molecule has 0 aliphatic rings. The van der Waals surface area contributed by atoms with Crippen molar-refractivity contribution in [1.29, 1.82) is 0 Å². The maximum absolute atomic E-state index is 12.8. The first-order valence-corrected chi connectivity index (χ1v) is 32.2. The second-order valence-corrected chi connectivity index (χ2v) is 22.0. The highest BCUT2D eigenvalue weighted by Crippen LogP contribution is 2.18. The van der Waals surface area contributed by atoms with Gasteiger partial charge in [0.25, 0.3) is 0 Å². The largest absolute Gasteiger partial charge is 0.462 e. The third-order valence-corrected chi connectivity index (χ3v) is 14.8. The molecule has 6 nitrogen and oxygen atoms in total. The number of carbonyl (C=O) groups excluding carboxylic acids is 3. The van der Waals surface area contributed by atoms with Crippen LogP contribution in [0, 0.1) is 0 Å². The van der Waals surface area contributed by atoms with E-state index in [1.165, 1.54) is 263 Å². The minimum Gasteiger partial charge on any atom is -0.462 e. The first kappa shape index (κ1) is 69.2. The van der Waals surface area contributed by atoms with Gasteiger partial charge in [0.15, 0.2) is 6.10 Å². The van der Waals surface area contributed by atoms with E-state index < -0.39 is 6.10 Å². The normalized spacial score (nSPS) is 12.0. The monoisotopic (exact) mass is 1000 g/mol. The van der Waals surface area contributed by atoms with Crippen molar-refractivity contribution in [2.24, 2.45) is 0 Å². The summed E-state index contributed by atoms with van der Waals surface area (Å²) < 4.78 is 16.9. The first-order chi connectivity index (χ1) is 35.0. The predicted octanol–water partition coefficient (Wildman–Crippen LogP) is 21.7. The van der Waals surface area contributed by atoms with E-state index in [0.717, 1.165) is 64.2 Å². The summed E-state index contributed by atoms with van der Waals surface area (Å²) in [6.45, 7) is 6.68. The van der Waals surface area contributed by atoms with Crippen molar-refractivity contribution in [3.05, 3.63) is 12.2 Å². The Labute approximate surface area is 443 Å². The third-order valence-electron chi connectivity index (χ3n) is 14.8. The maximum Gasteiger partial charge on any atom is 0.306 e. The number of ether oxygens (including phenoxy) is 3. The Morgan fingerprint density at radius 1 is 0.268 bits per heavy atom. The molecule has 0 heterocycles. The van der Waals surface area contributed by atoms with E-state index in [1.807, 2.05) is 0 Å². The molecule has 0 spiro atoms. The summed E-state index contributed by atoms with van der Waals surface area (Å²) in [6, 6.07) is 0. The van der Waals surface area contributed by atoms with Crippen LogP contribution in [-0.2, 0) is 28.6 Å². The second-order valence-electron chi connectivity index (χ2n) is 22.0. The summed E-state index contributed by atoms with van der Waals surface area (Å²) in [7, 11) is 0. The molecule has 6 heteroatoms. The van der Waals surface area contributed by atoms with E-state index in [9.17, 15) is 14.4 Å². The number of hydrogen-bond donors (Lipinski definition) is 0. The Kier molecular flexibility index (Phi) is 59.1. The number of esters is 3. The molecule has 420 valence electrons. The molecule has 1 atom stereocenters. The molecule has 0 aliphatic carbocycles. The van der Waals surface area contributed by atoms with Gasteiger partial charge in [0.2, 0.25) is 0 Å². The lowest BCUT2D eigenvalue weighted by Crippen LogP contribution is -2.30. The van der Waals surface area contributed by atoms with Crippen LogP contribution in [0.4, 0.5) is 0 Å². The molecule has 0 amide bonds. The van der Waals surface area contributed by atoms with E-state index in [2.05, 4.69) is 32.9 Å². The van der Waals surface area contributed by atoms with Crippen molar-refractivity contribution in [2.75, 3.05) is 13.2 Å². The van der Waals surface area contributed by atoms with Crippen LogP contribution in [0.3, 0.4) is 0 Å². The van der Waals surface area contributed by atoms with Gasteiger partial charge >= 0.3 is 17.9 Å². The van der Waals surface area contributed by atoms with E-state index in [1.54, 1.807) is 0 Å². The standard InChI is InChI=1S/C65H124O6/c1-4-7-10-13-16-19-22-25-26-27-28-29-30-31-32-33-34-35-36-37-38-41-43-46-49-52-55-58-64(67)70-61-62(71-65(68)59-56-53-50-47-44-40-24-21-18-15-12-9-6-3)60-69-63(66)57-54-51-48-45-42-39-23-20-17-14-11-8-5-2/h21,24,62H,4-20,22-23,25-61H2,1-3H3/b24-21-. The van der Waals surface area contributed by atoms with Gasteiger partial charge in [-0.1, -0.05) is 315 Å². The van der Waals surface area contributed by atoms with Gasteiger partial charge in [0, 0.05) is 19.3 Å². The Morgan fingerprint density at radius 2 is 0.465 bits per heavy atom. The number of unbranched alkanes of at least 4 members (excludes halogenated alkanes) is 47. The molecular formula is C65H124O6. The molecule has 0 aliphatic heterocycles. The van der Waals surface area contributed by atoms with Crippen molar-refractivity contribution >= 4 is 17.9 Å². The van der Waals surface area contributed by atoms with E-state index in [-0.39, 0.29) is 31.1 Å². The Balaban J connectivity index is 4.13. The molecule has 0 radical (unpaired) electrons. The molecule has 0 saturated heterocycles. The van der Waals surface area contributed by atoms with Crippen LogP contribution in [0.15, 0.2) is 12.2 Å². The molecule has 71 heavy (non-hydrogen) atoms. The van der Waals surface area contributed by atoms with Crippen LogP contribution >= 0.6 is 0 Å². The van der Waals surface area contributed by atoms with Gasteiger partial charge in [-0.3, -0.25) is 14.4 Å². The molecule has 0 N–H and O–H groups in total.